The summed E-state index contributed by atoms with van der Waals surface area (Å²) in [7, 11) is 0. The Labute approximate surface area is 163 Å². The Bertz CT molecular complexity index is 992. The van der Waals surface area contributed by atoms with Crippen LogP contribution in [0.1, 0.15) is 21.9 Å². The van der Waals surface area contributed by atoms with E-state index in [1.165, 1.54) is 30.3 Å². The van der Waals surface area contributed by atoms with Crippen molar-refractivity contribution in [2.45, 2.75) is 6.61 Å². The van der Waals surface area contributed by atoms with Crippen LogP contribution in [-0.4, -0.2) is 10.7 Å². The summed E-state index contributed by atoms with van der Waals surface area (Å²) < 4.78 is 12.0. The van der Waals surface area contributed by atoms with Crippen LogP contribution in [0, 0.1) is 10.1 Å². The Morgan fingerprint density at radius 3 is 2.63 bits per heavy atom. The standard InChI is InChI=1S/C20H14BrNO5/c21-15-3-1-2-14(12-15)20(23)11-10-18-8-9-19(27-18)13-26-17-6-4-16(5-7-17)22(24)25/h1-12H,13H2/b11-10+. The van der Waals surface area contributed by atoms with Gasteiger partial charge in [-0.3, -0.25) is 14.9 Å². The molecule has 0 radical (unpaired) electrons. The first-order chi connectivity index (χ1) is 13.0. The Morgan fingerprint density at radius 2 is 1.93 bits per heavy atom. The molecular weight excluding hydrogens is 414 g/mol. The van der Waals surface area contributed by atoms with Crippen molar-refractivity contribution in [1.82, 2.24) is 0 Å². The van der Waals surface area contributed by atoms with Crippen LogP contribution in [0.3, 0.4) is 0 Å². The fourth-order valence-electron chi connectivity index (χ4n) is 2.28. The molecule has 0 aliphatic heterocycles. The van der Waals surface area contributed by atoms with E-state index in [2.05, 4.69) is 15.9 Å². The van der Waals surface area contributed by atoms with Crippen molar-refractivity contribution in [2.75, 3.05) is 0 Å². The summed E-state index contributed by atoms with van der Waals surface area (Å²) in [6.07, 6.45) is 3.04. The number of allylic oxidation sites excluding steroid dienone is 1. The Hall–Kier alpha value is -3.19. The highest BCUT2D eigenvalue weighted by atomic mass is 79.9. The summed E-state index contributed by atoms with van der Waals surface area (Å²) in [6.45, 7) is 0.172. The van der Waals surface area contributed by atoms with Crippen molar-refractivity contribution in [3.63, 3.8) is 0 Å². The van der Waals surface area contributed by atoms with Crippen LogP contribution in [-0.2, 0) is 6.61 Å². The van der Waals surface area contributed by atoms with Gasteiger partial charge in [0.2, 0.25) is 0 Å². The lowest BCUT2D eigenvalue weighted by molar-refractivity contribution is -0.384. The Kier molecular flexibility index (Phi) is 5.83. The average Bonchev–Trinajstić information content (AvgIpc) is 3.12. The molecule has 0 atom stereocenters. The van der Waals surface area contributed by atoms with Gasteiger partial charge in [0.25, 0.3) is 5.69 Å². The lowest BCUT2D eigenvalue weighted by Gasteiger charge is -2.03. The van der Waals surface area contributed by atoms with E-state index in [9.17, 15) is 14.9 Å². The van der Waals surface area contributed by atoms with Crippen LogP contribution in [0.25, 0.3) is 6.08 Å². The molecular formula is C20H14BrNO5. The molecule has 2 aromatic carbocycles. The second kappa shape index (κ2) is 8.46. The van der Waals surface area contributed by atoms with Crippen molar-refractivity contribution in [3.05, 3.63) is 98.4 Å². The van der Waals surface area contributed by atoms with Gasteiger partial charge in [0.1, 0.15) is 23.9 Å². The van der Waals surface area contributed by atoms with Gasteiger partial charge in [0.05, 0.1) is 4.92 Å². The zero-order valence-electron chi connectivity index (χ0n) is 14.0. The maximum Gasteiger partial charge on any atom is 0.269 e. The normalized spacial score (nSPS) is 10.9. The number of ether oxygens (including phenoxy) is 1. The van der Waals surface area contributed by atoms with Crippen molar-refractivity contribution in [2.24, 2.45) is 0 Å². The number of hydrogen-bond acceptors (Lipinski definition) is 5. The number of hydrogen-bond donors (Lipinski definition) is 0. The van der Waals surface area contributed by atoms with Gasteiger partial charge in [0.15, 0.2) is 5.78 Å². The van der Waals surface area contributed by atoms with Gasteiger partial charge in [-0.05, 0) is 48.6 Å². The molecule has 0 aliphatic rings. The molecule has 0 aliphatic carbocycles. The van der Waals surface area contributed by atoms with Gasteiger partial charge >= 0.3 is 0 Å². The number of non-ortho nitro benzene ring substituents is 1. The van der Waals surface area contributed by atoms with Gasteiger partial charge in [-0.15, -0.1) is 0 Å². The molecule has 1 heterocycles. The number of rotatable bonds is 7. The van der Waals surface area contributed by atoms with E-state index in [-0.39, 0.29) is 18.1 Å². The minimum Gasteiger partial charge on any atom is -0.486 e. The predicted molar refractivity (Wildman–Crippen MR) is 104 cm³/mol. The minimum atomic E-state index is -0.468. The number of halogens is 1. The highest BCUT2D eigenvalue weighted by Crippen LogP contribution is 2.19. The van der Waals surface area contributed by atoms with Gasteiger partial charge in [-0.25, -0.2) is 0 Å². The van der Waals surface area contributed by atoms with Gasteiger partial charge in [-0.2, -0.15) is 0 Å². The highest BCUT2D eigenvalue weighted by molar-refractivity contribution is 9.10. The molecule has 3 rings (SSSR count). The third-order valence-electron chi connectivity index (χ3n) is 3.62. The molecule has 3 aromatic rings. The van der Waals surface area contributed by atoms with Crippen LogP contribution >= 0.6 is 15.9 Å². The number of nitrogens with zero attached hydrogens (tertiary/aromatic N) is 1. The van der Waals surface area contributed by atoms with Crippen LogP contribution in [0.15, 0.2) is 75.6 Å². The third kappa shape index (κ3) is 5.15. The third-order valence-corrected chi connectivity index (χ3v) is 4.11. The van der Waals surface area contributed by atoms with E-state index in [1.807, 2.05) is 6.07 Å². The number of benzene rings is 2. The van der Waals surface area contributed by atoms with E-state index < -0.39 is 4.92 Å². The maximum absolute atomic E-state index is 12.1. The van der Waals surface area contributed by atoms with Crippen LogP contribution in [0.5, 0.6) is 5.75 Å². The molecule has 0 amide bonds. The van der Waals surface area contributed by atoms with Crippen molar-refractivity contribution >= 4 is 33.5 Å². The topological polar surface area (TPSA) is 82.6 Å². The molecule has 136 valence electrons. The summed E-state index contributed by atoms with van der Waals surface area (Å²) in [5.74, 6) is 1.47. The van der Waals surface area contributed by atoms with E-state index in [1.54, 1.807) is 36.4 Å². The highest BCUT2D eigenvalue weighted by Gasteiger charge is 2.06. The van der Waals surface area contributed by atoms with E-state index >= 15 is 0 Å². The maximum atomic E-state index is 12.1. The number of furan rings is 1. The lowest BCUT2D eigenvalue weighted by atomic mass is 10.1. The summed E-state index contributed by atoms with van der Waals surface area (Å²) in [4.78, 5) is 22.3. The van der Waals surface area contributed by atoms with Crippen LogP contribution < -0.4 is 4.74 Å². The summed E-state index contributed by atoms with van der Waals surface area (Å²) in [5, 5.41) is 10.6. The van der Waals surface area contributed by atoms with Gasteiger partial charge in [-0.1, -0.05) is 28.1 Å². The molecule has 7 heteroatoms. The largest absolute Gasteiger partial charge is 0.486 e. The SMILES string of the molecule is O=C(/C=C/c1ccc(COc2ccc([N+](=O)[O-])cc2)o1)c1cccc(Br)c1. The first kappa shape index (κ1) is 18.6. The van der Waals surface area contributed by atoms with E-state index in [4.69, 9.17) is 9.15 Å². The number of ketones is 1. The summed E-state index contributed by atoms with van der Waals surface area (Å²) in [5.41, 5.74) is 0.580. The van der Waals surface area contributed by atoms with Gasteiger partial charge in [0, 0.05) is 22.2 Å². The summed E-state index contributed by atoms with van der Waals surface area (Å²) >= 11 is 3.34. The smallest absolute Gasteiger partial charge is 0.269 e. The zero-order chi connectivity index (χ0) is 19.2. The molecule has 27 heavy (non-hydrogen) atoms. The fraction of sp³-hybridized carbons (Fsp3) is 0.0500. The first-order valence-corrected chi connectivity index (χ1v) is 8.74. The van der Waals surface area contributed by atoms with Crippen molar-refractivity contribution in [1.29, 1.82) is 0 Å². The Balaban J connectivity index is 1.58. The molecule has 6 nitrogen and oxygen atoms in total. The number of nitro groups is 1. The van der Waals surface area contributed by atoms with Crippen LogP contribution in [0.4, 0.5) is 5.69 Å². The molecule has 0 fully saturated rings. The van der Waals surface area contributed by atoms with Gasteiger partial charge < -0.3 is 9.15 Å². The second-order valence-electron chi connectivity index (χ2n) is 5.55. The molecule has 0 spiro atoms. The van der Waals surface area contributed by atoms with Crippen LogP contribution in [0.2, 0.25) is 0 Å². The Morgan fingerprint density at radius 1 is 1.15 bits per heavy atom. The monoisotopic (exact) mass is 427 g/mol. The summed E-state index contributed by atoms with van der Waals surface area (Å²) in [6, 6.07) is 16.4. The quantitative estimate of drug-likeness (QED) is 0.217. The van der Waals surface area contributed by atoms with E-state index in [0.29, 0.717) is 22.8 Å². The second-order valence-corrected chi connectivity index (χ2v) is 6.47. The average molecular weight is 428 g/mol. The number of nitro benzene ring substituents is 1. The molecule has 0 saturated heterocycles. The first-order valence-electron chi connectivity index (χ1n) is 7.95. The lowest BCUT2D eigenvalue weighted by Crippen LogP contribution is -1.94. The van der Waals surface area contributed by atoms with E-state index in [0.717, 1.165) is 4.47 Å². The number of carbonyl (C=O) groups is 1. The minimum absolute atomic E-state index is 0.00267. The molecule has 1 aromatic heterocycles. The molecule has 0 unspecified atom stereocenters. The van der Waals surface area contributed by atoms with Crippen molar-refractivity contribution < 1.29 is 18.9 Å². The molecule has 0 saturated carbocycles. The van der Waals surface area contributed by atoms with Crippen molar-refractivity contribution in [3.8, 4) is 5.75 Å². The number of carbonyl (C=O) groups excluding carboxylic acids is 1. The fourth-order valence-corrected chi connectivity index (χ4v) is 2.68. The predicted octanol–water partition coefficient (Wildman–Crippen LogP) is 5.43. The molecule has 0 bridgehead atoms. The molecule has 0 N–H and O–H groups in total. The zero-order valence-corrected chi connectivity index (χ0v) is 15.6.